The first-order valence-electron chi connectivity index (χ1n) is 7.31. The monoisotopic (exact) mass is 282 g/mol. The summed E-state index contributed by atoms with van der Waals surface area (Å²) in [4.78, 5) is 11.9. The number of ether oxygens (including phenoxy) is 1. The Morgan fingerprint density at radius 3 is 2.52 bits per heavy atom. The predicted octanol–water partition coefficient (Wildman–Crippen LogP) is 4.13. The molecule has 0 bridgehead atoms. The van der Waals surface area contributed by atoms with Gasteiger partial charge in [-0.25, -0.2) is 0 Å². The van der Waals surface area contributed by atoms with Crippen molar-refractivity contribution in [2.45, 2.75) is 32.6 Å². The summed E-state index contributed by atoms with van der Waals surface area (Å²) in [6.45, 7) is 4.16. The SMILES string of the molecule is CCc1ccc2c(c1CC)C(C(=O)O)c1ccccc1O2. The topological polar surface area (TPSA) is 46.5 Å². The molecule has 21 heavy (non-hydrogen) atoms. The molecule has 1 unspecified atom stereocenters. The van der Waals surface area contributed by atoms with Crippen molar-refractivity contribution in [1.82, 2.24) is 0 Å². The van der Waals surface area contributed by atoms with E-state index in [9.17, 15) is 9.90 Å². The van der Waals surface area contributed by atoms with E-state index in [0.29, 0.717) is 11.5 Å². The van der Waals surface area contributed by atoms with Crippen molar-refractivity contribution in [2.75, 3.05) is 0 Å². The molecule has 0 fully saturated rings. The van der Waals surface area contributed by atoms with E-state index in [2.05, 4.69) is 13.8 Å². The summed E-state index contributed by atoms with van der Waals surface area (Å²) in [5.74, 6) is -0.153. The van der Waals surface area contributed by atoms with Crippen LogP contribution in [0.4, 0.5) is 0 Å². The van der Waals surface area contributed by atoms with Crippen LogP contribution in [0, 0.1) is 0 Å². The lowest BCUT2D eigenvalue weighted by Gasteiger charge is -2.28. The van der Waals surface area contributed by atoms with Crippen molar-refractivity contribution in [3.8, 4) is 11.5 Å². The molecule has 1 aliphatic rings. The van der Waals surface area contributed by atoms with Gasteiger partial charge in [0.25, 0.3) is 0 Å². The molecular weight excluding hydrogens is 264 g/mol. The summed E-state index contributed by atoms with van der Waals surface area (Å²) in [7, 11) is 0. The minimum atomic E-state index is -0.824. The number of carboxylic acid groups (broad SMARTS) is 1. The molecule has 1 aliphatic heterocycles. The molecule has 0 aromatic heterocycles. The number of para-hydroxylation sites is 1. The van der Waals surface area contributed by atoms with E-state index >= 15 is 0 Å². The maximum absolute atomic E-state index is 11.9. The highest BCUT2D eigenvalue weighted by Gasteiger charge is 2.34. The summed E-state index contributed by atoms with van der Waals surface area (Å²) in [6, 6.07) is 11.3. The third kappa shape index (κ3) is 2.09. The lowest BCUT2D eigenvalue weighted by Crippen LogP contribution is -2.20. The first-order chi connectivity index (χ1) is 10.2. The van der Waals surface area contributed by atoms with E-state index in [1.54, 1.807) is 0 Å². The van der Waals surface area contributed by atoms with Crippen molar-refractivity contribution in [1.29, 1.82) is 0 Å². The van der Waals surface area contributed by atoms with Gasteiger partial charge < -0.3 is 9.84 Å². The fraction of sp³-hybridized carbons (Fsp3) is 0.278. The maximum Gasteiger partial charge on any atom is 0.315 e. The highest BCUT2D eigenvalue weighted by molar-refractivity contribution is 5.84. The van der Waals surface area contributed by atoms with Crippen LogP contribution in [-0.2, 0) is 17.6 Å². The van der Waals surface area contributed by atoms with Crippen LogP contribution in [0.3, 0.4) is 0 Å². The van der Waals surface area contributed by atoms with Crippen molar-refractivity contribution < 1.29 is 14.6 Å². The molecule has 3 nitrogen and oxygen atoms in total. The minimum absolute atomic E-state index is 0.642. The number of benzene rings is 2. The lowest BCUT2D eigenvalue weighted by molar-refractivity contribution is -0.137. The van der Waals surface area contributed by atoms with Gasteiger partial charge >= 0.3 is 5.97 Å². The predicted molar refractivity (Wildman–Crippen MR) is 81.2 cm³/mol. The van der Waals surface area contributed by atoms with E-state index in [1.807, 2.05) is 36.4 Å². The van der Waals surface area contributed by atoms with Crippen molar-refractivity contribution >= 4 is 5.97 Å². The third-order valence-corrected chi connectivity index (χ3v) is 4.13. The molecule has 0 saturated carbocycles. The van der Waals surface area contributed by atoms with E-state index in [0.717, 1.165) is 29.5 Å². The van der Waals surface area contributed by atoms with Crippen LogP contribution in [-0.4, -0.2) is 11.1 Å². The van der Waals surface area contributed by atoms with Crippen molar-refractivity contribution in [3.63, 3.8) is 0 Å². The summed E-state index contributed by atoms with van der Waals surface area (Å²) >= 11 is 0. The Hall–Kier alpha value is -2.29. The first-order valence-corrected chi connectivity index (χ1v) is 7.31. The highest BCUT2D eigenvalue weighted by atomic mass is 16.5. The van der Waals surface area contributed by atoms with E-state index in [4.69, 9.17) is 4.74 Å². The third-order valence-electron chi connectivity index (χ3n) is 4.13. The minimum Gasteiger partial charge on any atom is -0.481 e. The van der Waals surface area contributed by atoms with Crippen LogP contribution in [0.1, 0.15) is 42.0 Å². The van der Waals surface area contributed by atoms with Gasteiger partial charge in [0.05, 0.1) is 0 Å². The van der Waals surface area contributed by atoms with Gasteiger partial charge in [-0.2, -0.15) is 0 Å². The van der Waals surface area contributed by atoms with Crippen LogP contribution in [0.5, 0.6) is 11.5 Å². The van der Waals surface area contributed by atoms with Gasteiger partial charge in [-0.3, -0.25) is 4.79 Å². The highest BCUT2D eigenvalue weighted by Crippen LogP contribution is 2.46. The van der Waals surface area contributed by atoms with Gasteiger partial charge in [0.2, 0.25) is 0 Å². The standard InChI is InChI=1S/C18H18O3/c1-3-11-9-10-15-16(12(11)4-2)17(18(19)20)13-7-5-6-8-14(13)21-15/h5-10,17H,3-4H2,1-2H3,(H,19,20). The molecule has 1 heterocycles. The fourth-order valence-electron chi connectivity index (χ4n) is 3.19. The largest absolute Gasteiger partial charge is 0.481 e. The number of carbonyl (C=O) groups is 1. The number of hydrogen-bond donors (Lipinski definition) is 1. The van der Waals surface area contributed by atoms with Crippen LogP contribution >= 0.6 is 0 Å². The van der Waals surface area contributed by atoms with Gasteiger partial charge in [-0.05, 0) is 36.1 Å². The molecule has 0 aliphatic carbocycles. The quantitative estimate of drug-likeness (QED) is 0.920. The number of rotatable bonds is 3. The Morgan fingerprint density at radius 2 is 1.86 bits per heavy atom. The summed E-state index contributed by atoms with van der Waals surface area (Å²) in [5, 5.41) is 9.76. The Bertz CT molecular complexity index is 704. The second-order valence-corrected chi connectivity index (χ2v) is 5.23. The van der Waals surface area contributed by atoms with Gasteiger partial charge in [-0.1, -0.05) is 38.1 Å². The van der Waals surface area contributed by atoms with Crippen molar-refractivity contribution in [3.05, 3.63) is 58.7 Å². The Labute approximate surface area is 124 Å². The molecule has 108 valence electrons. The van der Waals surface area contributed by atoms with Crippen LogP contribution in [0.15, 0.2) is 36.4 Å². The first kappa shape index (κ1) is 13.7. The maximum atomic E-state index is 11.9. The number of hydrogen-bond acceptors (Lipinski definition) is 2. The van der Waals surface area contributed by atoms with E-state index in [1.165, 1.54) is 5.56 Å². The average molecular weight is 282 g/mol. The zero-order valence-corrected chi connectivity index (χ0v) is 12.2. The number of aliphatic carboxylic acids is 1. The van der Waals surface area contributed by atoms with Gasteiger partial charge in [0, 0.05) is 11.1 Å². The van der Waals surface area contributed by atoms with Crippen LogP contribution < -0.4 is 4.74 Å². The smallest absolute Gasteiger partial charge is 0.315 e. The molecule has 1 atom stereocenters. The molecule has 0 amide bonds. The summed E-state index contributed by atoms with van der Waals surface area (Å²) in [5.41, 5.74) is 3.87. The van der Waals surface area contributed by atoms with Crippen LogP contribution in [0.2, 0.25) is 0 Å². The number of fused-ring (bicyclic) bond motifs is 2. The molecular formula is C18H18O3. The van der Waals surface area contributed by atoms with E-state index in [-0.39, 0.29) is 0 Å². The number of carboxylic acids is 1. The Morgan fingerprint density at radius 1 is 1.10 bits per heavy atom. The van der Waals surface area contributed by atoms with Crippen LogP contribution in [0.25, 0.3) is 0 Å². The summed E-state index contributed by atoms with van der Waals surface area (Å²) in [6.07, 6.45) is 1.70. The molecule has 1 N–H and O–H groups in total. The molecule has 0 saturated heterocycles. The molecule has 3 heteroatoms. The molecule has 0 radical (unpaired) electrons. The van der Waals surface area contributed by atoms with Gasteiger partial charge in [-0.15, -0.1) is 0 Å². The molecule has 0 spiro atoms. The second-order valence-electron chi connectivity index (χ2n) is 5.23. The molecule has 2 aromatic carbocycles. The van der Waals surface area contributed by atoms with Crippen molar-refractivity contribution in [2.24, 2.45) is 0 Å². The lowest BCUT2D eigenvalue weighted by atomic mass is 9.82. The molecule has 2 aromatic rings. The van der Waals surface area contributed by atoms with E-state index < -0.39 is 11.9 Å². The van der Waals surface area contributed by atoms with Gasteiger partial charge in [0.15, 0.2) is 0 Å². The zero-order chi connectivity index (χ0) is 15.0. The Balaban J connectivity index is 2.29. The summed E-state index contributed by atoms with van der Waals surface area (Å²) < 4.78 is 5.94. The second kappa shape index (κ2) is 5.24. The average Bonchev–Trinajstić information content (AvgIpc) is 2.50. The number of aryl methyl sites for hydroxylation is 1. The molecule has 3 rings (SSSR count). The fourth-order valence-corrected chi connectivity index (χ4v) is 3.19. The zero-order valence-electron chi connectivity index (χ0n) is 12.2. The normalized spacial score (nSPS) is 15.8. The van der Waals surface area contributed by atoms with Gasteiger partial charge in [0.1, 0.15) is 17.4 Å². The Kier molecular flexibility index (Phi) is 3.42.